The Morgan fingerprint density at radius 3 is 2.59 bits per heavy atom. The Labute approximate surface area is 168 Å². The molecule has 1 aliphatic heterocycles. The first-order valence-electron chi connectivity index (χ1n) is 8.99. The lowest BCUT2D eigenvalue weighted by molar-refractivity contribution is -0.156. The molecule has 0 saturated heterocycles. The minimum Gasteiger partial charge on any atom is -0.497 e. The van der Waals surface area contributed by atoms with Gasteiger partial charge in [-0.2, -0.15) is 0 Å². The van der Waals surface area contributed by atoms with Crippen molar-refractivity contribution in [2.45, 2.75) is 25.0 Å². The van der Waals surface area contributed by atoms with E-state index in [1.807, 2.05) is 30.3 Å². The van der Waals surface area contributed by atoms with E-state index in [1.165, 1.54) is 14.2 Å². The van der Waals surface area contributed by atoms with Gasteiger partial charge in [0.05, 0.1) is 26.4 Å². The maximum atomic E-state index is 12.9. The summed E-state index contributed by atoms with van der Waals surface area (Å²) in [5, 5.41) is 16.1. The number of aliphatic carboxylic acids is 1. The van der Waals surface area contributed by atoms with Gasteiger partial charge in [0.15, 0.2) is 0 Å². The summed E-state index contributed by atoms with van der Waals surface area (Å²) in [6, 6.07) is 14.5. The van der Waals surface area contributed by atoms with Crippen LogP contribution < -0.4 is 14.8 Å². The fraction of sp³-hybridized carbons (Fsp3) is 0.286. The Bertz CT molecular complexity index is 928. The van der Waals surface area contributed by atoms with Crippen LogP contribution in [0.25, 0.3) is 0 Å². The predicted octanol–water partition coefficient (Wildman–Crippen LogP) is 2.36. The number of oxime groups is 1. The average molecular weight is 398 g/mol. The fourth-order valence-electron chi connectivity index (χ4n) is 3.14. The number of carboxylic acids is 1. The second-order valence-corrected chi connectivity index (χ2v) is 6.61. The molecule has 8 heteroatoms. The molecule has 2 N–H and O–H groups in total. The summed E-state index contributed by atoms with van der Waals surface area (Å²) in [6.07, 6.45) is -0.531. The number of carboxylic acid groups (broad SMARTS) is 1. The van der Waals surface area contributed by atoms with Crippen LogP contribution in [0, 0.1) is 0 Å². The van der Waals surface area contributed by atoms with Gasteiger partial charge < -0.3 is 24.7 Å². The van der Waals surface area contributed by atoms with E-state index < -0.39 is 23.9 Å². The van der Waals surface area contributed by atoms with Crippen LogP contribution in [0.5, 0.6) is 11.5 Å². The molecule has 29 heavy (non-hydrogen) atoms. The van der Waals surface area contributed by atoms with E-state index in [9.17, 15) is 14.7 Å². The standard InChI is InChI=1S/C21H22N2O6/c1-27-15-8-9-18(28-2)16(10-15)17-11-21(29-23-17,12-19(24)25)20(26)22-13-14-6-4-3-5-7-14/h3-10H,11-13H2,1-2H3,(H,22,26)(H,24,25). The lowest BCUT2D eigenvalue weighted by Crippen LogP contribution is -2.48. The third-order valence-electron chi connectivity index (χ3n) is 4.65. The Morgan fingerprint density at radius 1 is 1.17 bits per heavy atom. The summed E-state index contributed by atoms with van der Waals surface area (Å²) in [4.78, 5) is 29.8. The second-order valence-electron chi connectivity index (χ2n) is 6.61. The molecule has 8 nitrogen and oxygen atoms in total. The zero-order valence-electron chi connectivity index (χ0n) is 16.2. The molecule has 2 aromatic rings. The number of benzene rings is 2. The molecule has 1 heterocycles. The van der Waals surface area contributed by atoms with Gasteiger partial charge in [0.1, 0.15) is 11.5 Å². The first kappa shape index (κ1) is 20.2. The van der Waals surface area contributed by atoms with Gasteiger partial charge in [-0.3, -0.25) is 9.59 Å². The van der Waals surface area contributed by atoms with E-state index in [0.717, 1.165) is 5.56 Å². The highest BCUT2D eigenvalue weighted by atomic mass is 16.7. The van der Waals surface area contributed by atoms with E-state index in [1.54, 1.807) is 18.2 Å². The summed E-state index contributed by atoms with van der Waals surface area (Å²) < 4.78 is 10.6. The van der Waals surface area contributed by atoms with Gasteiger partial charge in [-0.15, -0.1) is 0 Å². The number of carbonyl (C=O) groups is 2. The molecule has 0 spiro atoms. The zero-order valence-corrected chi connectivity index (χ0v) is 16.2. The minimum atomic E-state index is -1.63. The lowest BCUT2D eigenvalue weighted by Gasteiger charge is -2.23. The number of ether oxygens (including phenoxy) is 2. The van der Waals surface area contributed by atoms with Crippen LogP contribution >= 0.6 is 0 Å². The lowest BCUT2D eigenvalue weighted by atomic mass is 9.89. The molecule has 3 rings (SSSR count). The van der Waals surface area contributed by atoms with E-state index >= 15 is 0 Å². The van der Waals surface area contributed by atoms with Crippen LogP contribution in [-0.2, 0) is 21.0 Å². The molecule has 1 amide bonds. The first-order valence-corrected chi connectivity index (χ1v) is 8.99. The molecular weight excluding hydrogens is 376 g/mol. The van der Waals surface area contributed by atoms with Gasteiger partial charge in [-0.1, -0.05) is 35.5 Å². The van der Waals surface area contributed by atoms with Crippen molar-refractivity contribution in [3.05, 3.63) is 59.7 Å². The summed E-state index contributed by atoms with van der Waals surface area (Å²) in [5.74, 6) is -0.602. The van der Waals surface area contributed by atoms with Gasteiger partial charge in [0, 0.05) is 18.5 Å². The molecule has 0 aromatic heterocycles. The number of amides is 1. The van der Waals surface area contributed by atoms with Crippen LogP contribution in [-0.4, -0.2) is 42.5 Å². The Kier molecular flexibility index (Phi) is 6.01. The first-order chi connectivity index (χ1) is 14.0. The quantitative estimate of drug-likeness (QED) is 0.707. The molecule has 1 aliphatic rings. The normalized spacial score (nSPS) is 17.8. The van der Waals surface area contributed by atoms with Crippen LogP contribution in [0.3, 0.4) is 0 Å². The van der Waals surface area contributed by atoms with Crippen molar-refractivity contribution in [3.8, 4) is 11.5 Å². The highest BCUT2D eigenvalue weighted by molar-refractivity contribution is 6.08. The topological polar surface area (TPSA) is 106 Å². The zero-order chi connectivity index (χ0) is 20.9. The monoisotopic (exact) mass is 398 g/mol. The third-order valence-corrected chi connectivity index (χ3v) is 4.65. The smallest absolute Gasteiger partial charge is 0.308 e. The van der Waals surface area contributed by atoms with Gasteiger partial charge in [0.2, 0.25) is 5.60 Å². The molecule has 2 aromatic carbocycles. The molecule has 0 saturated carbocycles. The number of nitrogens with one attached hydrogen (secondary N) is 1. The SMILES string of the molecule is COc1ccc(OC)c(C2=NOC(CC(=O)O)(C(=O)NCc3ccccc3)C2)c1. The van der Waals surface area contributed by atoms with Crippen molar-refractivity contribution in [2.24, 2.45) is 5.16 Å². The summed E-state index contributed by atoms with van der Waals surface area (Å²) >= 11 is 0. The predicted molar refractivity (Wildman–Crippen MR) is 105 cm³/mol. The minimum absolute atomic E-state index is 0.0105. The van der Waals surface area contributed by atoms with Gasteiger partial charge in [0.25, 0.3) is 5.91 Å². The second kappa shape index (κ2) is 8.64. The van der Waals surface area contributed by atoms with Gasteiger partial charge >= 0.3 is 5.97 Å². The van der Waals surface area contributed by atoms with Crippen molar-refractivity contribution >= 4 is 17.6 Å². The number of nitrogens with zero attached hydrogens (tertiary/aromatic N) is 1. The van der Waals surface area contributed by atoms with Crippen molar-refractivity contribution in [1.82, 2.24) is 5.32 Å². The largest absolute Gasteiger partial charge is 0.497 e. The number of rotatable bonds is 8. The number of carbonyl (C=O) groups excluding carboxylic acids is 1. The van der Waals surface area contributed by atoms with Crippen molar-refractivity contribution < 1.29 is 29.0 Å². The van der Waals surface area contributed by atoms with Gasteiger partial charge in [-0.25, -0.2) is 0 Å². The third kappa shape index (κ3) is 4.48. The fourth-order valence-corrected chi connectivity index (χ4v) is 3.14. The number of hydrogen-bond donors (Lipinski definition) is 2. The Morgan fingerprint density at radius 2 is 1.93 bits per heavy atom. The van der Waals surface area contributed by atoms with E-state index in [4.69, 9.17) is 14.3 Å². The van der Waals surface area contributed by atoms with E-state index in [0.29, 0.717) is 22.8 Å². The highest BCUT2D eigenvalue weighted by Crippen LogP contribution is 2.35. The summed E-state index contributed by atoms with van der Waals surface area (Å²) in [7, 11) is 3.04. The van der Waals surface area contributed by atoms with Gasteiger partial charge in [-0.05, 0) is 23.8 Å². The number of hydrogen-bond acceptors (Lipinski definition) is 6. The average Bonchev–Trinajstić information content (AvgIpc) is 3.16. The molecule has 0 fully saturated rings. The molecule has 0 bridgehead atoms. The molecule has 0 aliphatic carbocycles. The van der Waals surface area contributed by atoms with Crippen molar-refractivity contribution in [2.75, 3.05) is 14.2 Å². The maximum Gasteiger partial charge on any atom is 0.308 e. The van der Waals surface area contributed by atoms with Crippen LogP contribution in [0.1, 0.15) is 24.0 Å². The molecule has 0 radical (unpaired) electrons. The van der Waals surface area contributed by atoms with Crippen LogP contribution in [0.4, 0.5) is 0 Å². The summed E-state index contributed by atoms with van der Waals surface area (Å²) in [6.45, 7) is 0.252. The number of methoxy groups -OCH3 is 2. The van der Waals surface area contributed by atoms with Crippen LogP contribution in [0.2, 0.25) is 0 Å². The highest BCUT2D eigenvalue weighted by Gasteiger charge is 2.49. The summed E-state index contributed by atoms with van der Waals surface area (Å²) in [5.41, 5.74) is 0.246. The van der Waals surface area contributed by atoms with E-state index in [2.05, 4.69) is 10.5 Å². The van der Waals surface area contributed by atoms with Crippen molar-refractivity contribution in [1.29, 1.82) is 0 Å². The molecule has 1 atom stereocenters. The Balaban J connectivity index is 1.82. The van der Waals surface area contributed by atoms with Crippen LogP contribution in [0.15, 0.2) is 53.7 Å². The van der Waals surface area contributed by atoms with Crippen molar-refractivity contribution in [3.63, 3.8) is 0 Å². The molecule has 1 unspecified atom stereocenters. The molecule has 152 valence electrons. The maximum absolute atomic E-state index is 12.9. The van der Waals surface area contributed by atoms with E-state index in [-0.39, 0.29) is 13.0 Å². The molecular formula is C21H22N2O6. The Hall–Kier alpha value is -3.55.